The summed E-state index contributed by atoms with van der Waals surface area (Å²) in [4.78, 5) is 19.5. The third kappa shape index (κ3) is 5.50. The van der Waals surface area contributed by atoms with Crippen LogP contribution in [0.15, 0.2) is 24.3 Å². The van der Waals surface area contributed by atoms with Gasteiger partial charge in [-0.05, 0) is 24.1 Å². The van der Waals surface area contributed by atoms with E-state index in [4.69, 9.17) is 4.74 Å². The van der Waals surface area contributed by atoms with Gasteiger partial charge in [-0.3, -0.25) is 14.6 Å². The number of hydrogen-bond acceptors (Lipinski definition) is 4. The molecule has 1 aromatic carbocycles. The van der Waals surface area contributed by atoms with E-state index >= 15 is 0 Å². The van der Waals surface area contributed by atoms with Crippen molar-refractivity contribution in [2.75, 3.05) is 59.0 Å². The zero-order valence-corrected chi connectivity index (χ0v) is 15.7. The number of morpholine rings is 1. The smallest absolute Gasteiger partial charge is 0.226 e. The maximum Gasteiger partial charge on any atom is 0.226 e. The predicted molar refractivity (Wildman–Crippen MR) is 99.3 cm³/mol. The van der Waals surface area contributed by atoms with Crippen LogP contribution in [-0.4, -0.2) is 79.6 Å². The summed E-state index contributed by atoms with van der Waals surface area (Å²) in [5.41, 5.74) is 1.12. The van der Waals surface area contributed by atoms with Gasteiger partial charge in [0.15, 0.2) is 0 Å². The average molecular weight is 363 g/mol. The van der Waals surface area contributed by atoms with Gasteiger partial charge < -0.3 is 9.64 Å². The number of benzene rings is 1. The summed E-state index contributed by atoms with van der Waals surface area (Å²) in [7, 11) is 0. The Bertz CT molecular complexity index is 575. The lowest BCUT2D eigenvalue weighted by Gasteiger charge is -2.31. The Balaban J connectivity index is 1.47. The van der Waals surface area contributed by atoms with E-state index in [1.807, 2.05) is 24.0 Å². The fourth-order valence-corrected chi connectivity index (χ4v) is 3.76. The Hall–Kier alpha value is -1.50. The molecule has 5 nitrogen and oxygen atoms in total. The molecule has 2 aliphatic rings. The van der Waals surface area contributed by atoms with Crippen LogP contribution in [-0.2, 0) is 16.1 Å². The van der Waals surface area contributed by atoms with Crippen molar-refractivity contribution >= 4 is 5.91 Å². The number of halogens is 1. The molecule has 2 saturated heterocycles. The highest BCUT2D eigenvalue weighted by atomic mass is 19.1. The van der Waals surface area contributed by atoms with Gasteiger partial charge in [0.1, 0.15) is 5.82 Å². The molecule has 0 aliphatic carbocycles. The zero-order chi connectivity index (χ0) is 18.4. The first kappa shape index (κ1) is 19.3. The molecule has 1 atom stereocenters. The van der Waals surface area contributed by atoms with Crippen molar-refractivity contribution in [2.24, 2.45) is 5.92 Å². The maximum atomic E-state index is 13.0. The fourth-order valence-electron chi connectivity index (χ4n) is 3.76. The Morgan fingerprint density at radius 2 is 1.77 bits per heavy atom. The Kier molecular flexibility index (Phi) is 7.00. The first-order valence-electron chi connectivity index (χ1n) is 9.67. The van der Waals surface area contributed by atoms with Crippen LogP contribution in [0.3, 0.4) is 0 Å². The molecule has 26 heavy (non-hydrogen) atoms. The standard InChI is InChI=1S/C20H30FN3O2/c1-17(15-23-11-13-26-14-12-23)20(25)24-8-2-7-22(9-10-24)16-18-3-5-19(21)6-4-18/h3-6,17H,2,7-16H2,1H3/t17-/m1/s1. The van der Waals surface area contributed by atoms with Crippen molar-refractivity contribution in [1.82, 2.24) is 14.7 Å². The minimum Gasteiger partial charge on any atom is -0.379 e. The Labute approximate surface area is 155 Å². The summed E-state index contributed by atoms with van der Waals surface area (Å²) < 4.78 is 18.4. The summed E-state index contributed by atoms with van der Waals surface area (Å²) in [5, 5.41) is 0. The molecule has 1 amide bonds. The molecule has 0 unspecified atom stereocenters. The number of hydrogen-bond donors (Lipinski definition) is 0. The van der Waals surface area contributed by atoms with Gasteiger partial charge in [0.2, 0.25) is 5.91 Å². The van der Waals surface area contributed by atoms with Crippen molar-refractivity contribution < 1.29 is 13.9 Å². The first-order valence-corrected chi connectivity index (χ1v) is 9.67. The van der Waals surface area contributed by atoms with Crippen LogP contribution in [0.25, 0.3) is 0 Å². The zero-order valence-electron chi connectivity index (χ0n) is 15.7. The molecule has 6 heteroatoms. The highest BCUT2D eigenvalue weighted by molar-refractivity contribution is 5.78. The molecule has 144 valence electrons. The minimum atomic E-state index is -0.198. The summed E-state index contributed by atoms with van der Waals surface area (Å²) >= 11 is 0. The van der Waals surface area contributed by atoms with Gasteiger partial charge >= 0.3 is 0 Å². The first-order chi connectivity index (χ1) is 12.6. The summed E-state index contributed by atoms with van der Waals surface area (Å²) in [6.45, 7) is 10.5. The Morgan fingerprint density at radius 1 is 1.04 bits per heavy atom. The lowest BCUT2D eigenvalue weighted by molar-refractivity contribution is -0.135. The molecule has 2 fully saturated rings. The summed E-state index contributed by atoms with van der Waals surface area (Å²) in [6.07, 6.45) is 0.983. The van der Waals surface area contributed by atoms with Crippen LogP contribution in [0, 0.1) is 11.7 Å². The molecular weight excluding hydrogens is 333 g/mol. The number of carbonyl (C=O) groups excluding carboxylic acids is 1. The summed E-state index contributed by atoms with van der Waals surface area (Å²) in [6, 6.07) is 6.70. The van der Waals surface area contributed by atoms with Crippen LogP contribution in [0.1, 0.15) is 18.9 Å². The SMILES string of the molecule is C[C@H](CN1CCOCC1)C(=O)N1CCCN(Cc2ccc(F)cc2)CC1. The van der Waals surface area contributed by atoms with Gasteiger partial charge in [-0.15, -0.1) is 0 Å². The molecule has 1 aromatic rings. The third-order valence-corrected chi connectivity index (χ3v) is 5.28. The highest BCUT2D eigenvalue weighted by Gasteiger charge is 2.25. The van der Waals surface area contributed by atoms with Gasteiger partial charge in [-0.2, -0.15) is 0 Å². The van der Waals surface area contributed by atoms with Crippen molar-refractivity contribution in [3.63, 3.8) is 0 Å². The van der Waals surface area contributed by atoms with Crippen molar-refractivity contribution in [2.45, 2.75) is 19.9 Å². The monoisotopic (exact) mass is 363 g/mol. The molecule has 0 N–H and O–H groups in total. The van der Waals surface area contributed by atoms with Crippen molar-refractivity contribution in [1.29, 1.82) is 0 Å². The number of nitrogens with zero attached hydrogens (tertiary/aromatic N) is 3. The average Bonchev–Trinajstić information content (AvgIpc) is 2.89. The lowest BCUT2D eigenvalue weighted by Crippen LogP contribution is -2.45. The maximum absolute atomic E-state index is 13.0. The molecule has 0 spiro atoms. The normalized spacial score (nSPS) is 21.4. The van der Waals surface area contributed by atoms with E-state index in [9.17, 15) is 9.18 Å². The molecule has 0 radical (unpaired) electrons. The van der Waals surface area contributed by atoms with E-state index in [0.717, 1.165) is 77.6 Å². The van der Waals surface area contributed by atoms with E-state index in [-0.39, 0.29) is 17.6 Å². The van der Waals surface area contributed by atoms with Crippen LogP contribution < -0.4 is 0 Å². The largest absolute Gasteiger partial charge is 0.379 e. The molecule has 0 bridgehead atoms. The van der Waals surface area contributed by atoms with E-state index in [1.165, 1.54) is 12.1 Å². The van der Waals surface area contributed by atoms with Crippen LogP contribution in [0.2, 0.25) is 0 Å². The van der Waals surface area contributed by atoms with E-state index in [2.05, 4.69) is 9.80 Å². The van der Waals surface area contributed by atoms with Crippen LogP contribution in [0.4, 0.5) is 4.39 Å². The van der Waals surface area contributed by atoms with Gasteiger partial charge in [-0.25, -0.2) is 4.39 Å². The van der Waals surface area contributed by atoms with Gasteiger partial charge in [0, 0.05) is 58.3 Å². The highest BCUT2D eigenvalue weighted by Crippen LogP contribution is 2.13. The van der Waals surface area contributed by atoms with E-state index in [0.29, 0.717) is 0 Å². The van der Waals surface area contributed by atoms with E-state index in [1.54, 1.807) is 0 Å². The quantitative estimate of drug-likeness (QED) is 0.800. The number of rotatable bonds is 5. The molecular formula is C20H30FN3O2. The third-order valence-electron chi connectivity index (χ3n) is 5.28. The fraction of sp³-hybridized carbons (Fsp3) is 0.650. The number of ether oxygens (including phenoxy) is 1. The van der Waals surface area contributed by atoms with Crippen molar-refractivity contribution in [3.05, 3.63) is 35.6 Å². The van der Waals surface area contributed by atoms with Gasteiger partial charge in [0.25, 0.3) is 0 Å². The topological polar surface area (TPSA) is 36.0 Å². The second-order valence-electron chi connectivity index (χ2n) is 7.40. The summed E-state index contributed by atoms with van der Waals surface area (Å²) in [5.74, 6) is 0.0903. The molecule has 2 heterocycles. The molecule has 3 rings (SSSR count). The van der Waals surface area contributed by atoms with Crippen molar-refractivity contribution in [3.8, 4) is 0 Å². The second kappa shape index (κ2) is 9.44. The van der Waals surface area contributed by atoms with Crippen LogP contribution >= 0.6 is 0 Å². The number of amides is 1. The lowest BCUT2D eigenvalue weighted by atomic mass is 10.1. The molecule has 0 aromatic heterocycles. The molecule has 2 aliphatic heterocycles. The van der Waals surface area contributed by atoms with Crippen LogP contribution in [0.5, 0.6) is 0 Å². The van der Waals surface area contributed by atoms with E-state index < -0.39 is 0 Å². The second-order valence-corrected chi connectivity index (χ2v) is 7.40. The predicted octanol–water partition coefficient (Wildman–Crippen LogP) is 1.83. The molecule has 0 saturated carbocycles. The Morgan fingerprint density at radius 3 is 2.50 bits per heavy atom. The van der Waals surface area contributed by atoms with Gasteiger partial charge in [0.05, 0.1) is 13.2 Å². The minimum absolute atomic E-state index is 0.0248. The number of carbonyl (C=O) groups is 1. The van der Waals surface area contributed by atoms with Gasteiger partial charge in [-0.1, -0.05) is 19.1 Å².